The largest absolute Gasteiger partial charge is 0.309 e. The number of aromatic nitrogens is 2. The van der Waals surface area contributed by atoms with Gasteiger partial charge in [0.05, 0.1) is 0 Å². The molecule has 0 N–H and O–H groups in total. The third-order valence-corrected chi connectivity index (χ3v) is 2.51. The van der Waals surface area contributed by atoms with Crippen LogP contribution in [0.25, 0.3) is 0 Å². The first-order chi connectivity index (χ1) is 6.72. The van der Waals surface area contributed by atoms with Crippen molar-refractivity contribution in [3.8, 4) is 0 Å². The summed E-state index contributed by atoms with van der Waals surface area (Å²) in [5.74, 6) is 0. The normalized spacial score (nSPS) is 10.9. The van der Waals surface area contributed by atoms with E-state index in [2.05, 4.69) is 29.0 Å². The van der Waals surface area contributed by atoms with Crippen molar-refractivity contribution >= 4 is 11.8 Å². The van der Waals surface area contributed by atoms with Crippen molar-refractivity contribution in [2.45, 2.75) is 18.0 Å². The van der Waals surface area contributed by atoms with E-state index < -0.39 is 0 Å². The van der Waals surface area contributed by atoms with Crippen LogP contribution in [0.5, 0.6) is 0 Å². The van der Waals surface area contributed by atoms with Gasteiger partial charge in [-0.2, -0.15) is 0 Å². The first-order valence-electron chi connectivity index (χ1n) is 4.72. The van der Waals surface area contributed by atoms with Gasteiger partial charge in [-0.25, -0.2) is 9.97 Å². The van der Waals surface area contributed by atoms with Crippen LogP contribution in [0.3, 0.4) is 0 Å². The molecule has 0 saturated carbocycles. The van der Waals surface area contributed by atoms with E-state index in [0.29, 0.717) is 0 Å². The minimum atomic E-state index is 0.848. The van der Waals surface area contributed by atoms with E-state index in [1.807, 2.05) is 18.6 Å². The van der Waals surface area contributed by atoms with Crippen LogP contribution in [0.4, 0.5) is 0 Å². The lowest BCUT2D eigenvalue weighted by atomic mass is 10.2. The maximum absolute atomic E-state index is 4.23. The topological polar surface area (TPSA) is 29.0 Å². The Morgan fingerprint density at radius 1 is 1.29 bits per heavy atom. The molecule has 78 valence electrons. The molecule has 1 heterocycles. The van der Waals surface area contributed by atoms with E-state index in [1.54, 1.807) is 11.8 Å². The standard InChI is InChI=1S/C10H17N3S/c1-13(2)6-4-5-9-7-11-10(14-3)12-8-9/h7-8H,4-6H2,1-3H3. The van der Waals surface area contributed by atoms with Crippen LogP contribution in [0, 0.1) is 0 Å². The summed E-state index contributed by atoms with van der Waals surface area (Å²) in [4.78, 5) is 10.7. The SMILES string of the molecule is CSc1ncc(CCCN(C)C)cn1. The van der Waals surface area contributed by atoms with Crippen molar-refractivity contribution in [1.29, 1.82) is 0 Å². The Hall–Kier alpha value is -0.610. The van der Waals surface area contributed by atoms with Crippen molar-refractivity contribution in [1.82, 2.24) is 14.9 Å². The molecule has 0 bridgehead atoms. The third kappa shape index (κ3) is 4.07. The monoisotopic (exact) mass is 211 g/mol. The van der Waals surface area contributed by atoms with Crippen LogP contribution in [0.15, 0.2) is 17.6 Å². The quantitative estimate of drug-likeness (QED) is 0.547. The second kappa shape index (κ2) is 5.98. The molecule has 0 aromatic carbocycles. The molecule has 0 fully saturated rings. The van der Waals surface area contributed by atoms with E-state index in [4.69, 9.17) is 0 Å². The van der Waals surface area contributed by atoms with E-state index in [-0.39, 0.29) is 0 Å². The van der Waals surface area contributed by atoms with E-state index in [0.717, 1.165) is 24.5 Å². The number of rotatable bonds is 5. The minimum absolute atomic E-state index is 0.848. The Morgan fingerprint density at radius 2 is 1.93 bits per heavy atom. The molecule has 0 atom stereocenters. The molecule has 0 amide bonds. The molecule has 0 radical (unpaired) electrons. The van der Waals surface area contributed by atoms with Gasteiger partial charge in [0.15, 0.2) is 5.16 Å². The molecule has 14 heavy (non-hydrogen) atoms. The van der Waals surface area contributed by atoms with Gasteiger partial charge in [0, 0.05) is 12.4 Å². The number of aryl methyl sites for hydroxylation is 1. The lowest BCUT2D eigenvalue weighted by Gasteiger charge is -2.08. The van der Waals surface area contributed by atoms with Gasteiger partial charge in [-0.05, 0) is 45.3 Å². The molecule has 3 nitrogen and oxygen atoms in total. The van der Waals surface area contributed by atoms with Gasteiger partial charge in [-0.1, -0.05) is 11.8 Å². The van der Waals surface area contributed by atoms with Crippen molar-refractivity contribution in [3.05, 3.63) is 18.0 Å². The Morgan fingerprint density at radius 3 is 2.43 bits per heavy atom. The van der Waals surface area contributed by atoms with E-state index in [1.165, 1.54) is 5.56 Å². The minimum Gasteiger partial charge on any atom is -0.309 e. The van der Waals surface area contributed by atoms with Gasteiger partial charge in [0.25, 0.3) is 0 Å². The Kier molecular flexibility index (Phi) is 4.90. The molecule has 1 aromatic rings. The van der Waals surface area contributed by atoms with Crippen LogP contribution >= 0.6 is 11.8 Å². The summed E-state index contributed by atoms with van der Waals surface area (Å²) >= 11 is 1.58. The number of hydrogen-bond acceptors (Lipinski definition) is 4. The molecule has 0 spiro atoms. The van der Waals surface area contributed by atoms with Gasteiger partial charge < -0.3 is 4.90 Å². The molecule has 0 saturated heterocycles. The zero-order valence-corrected chi connectivity index (χ0v) is 9.84. The summed E-state index contributed by atoms with van der Waals surface area (Å²) in [5, 5.41) is 0.848. The maximum atomic E-state index is 4.23. The Bertz CT molecular complexity index is 259. The number of nitrogens with zero attached hydrogens (tertiary/aromatic N) is 3. The van der Waals surface area contributed by atoms with Crippen LogP contribution in [0.2, 0.25) is 0 Å². The zero-order chi connectivity index (χ0) is 10.4. The Balaban J connectivity index is 2.36. The highest BCUT2D eigenvalue weighted by Crippen LogP contribution is 2.08. The smallest absolute Gasteiger partial charge is 0.187 e. The van der Waals surface area contributed by atoms with E-state index in [9.17, 15) is 0 Å². The molecule has 0 aliphatic heterocycles. The number of hydrogen-bond donors (Lipinski definition) is 0. The highest BCUT2D eigenvalue weighted by Gasteiger charge is 1.97. The summed E-state index contributed by atoms with van der Waals surface area (Å²) in [6, 6.07) is 0. The fourth-order valence-electron chi connectivity index (χ4n) is 1.18. The highest BCUT2D eigenvalue weighted by atomic mass is 32.2. The van der Waals surface area contributed by atoms with Crippen molar-refractivity contribution in [3.63, 3.8) is 0 Å². The molecule has 1 aromatic heterocycles. The first kappa shape index (κ1) is 11.5. The van der Waals surface area contributed by atoms with Gasteiger partial charge in [-0.3, -0.25) is 0 Å². The predicted octanol–water partition coefficient (Wildman–Crippen LogP) is 1.69. The summed E-state index contributed by atoms with van der Waals surface area (Å²) < 4.78 is 0. The average Bonchev–Trinajstić information content (AvgIpc) is 2.18. The predicted molar refractivity (Wildman–Crippen MR) is 60.7 cm³/mol. The van der Waals surface area contributed by atoms with Crippen molar-refractivity contribution in [2.75, 3.05) is 26.9 Å². The van der Waals surface area contributed by atoms with Crippen LogP contribution in [-0.2, 0) is 6.42 Å². The van der Waals surface area contributed by atoms with Gasteiger partial charge in [-0.15, -0.1) is 0 Å². The summed E-state index contributed by atoms with van der Waals surface area (Å²) in [6.07, 6.45) is 8.06. The second-order valence-corrected chi connectivity index (χ2v) is 4.26. The fraction of sp³-hybridized carbons (Fsp3) is 0.600. The van der Waals surface area contributed by atoms with Crippen LogP contribution in [0.1, 0.15) is 12.0 Å². The fourth-order valence-corrected chi connectivity index (χ4v) is 1.49. The lowest BCUT2D eigenvalue weighted by molar-refractivity contribution is 0.400. The summed E-state index contributed by atoms with van der Waals surface area (Å²) in [6.45, 7) is 1.12. The van der Waals surface area contributed by atoms with Crippen LogP contribution < -0.4 is 0 Å². The molecular weight excluding hydrogens is 194 g/mol. The maximum Gasteiger partial charge on any atom is 0.187 e. The summed E-state index contributed by atoms with van der Waals surface area (Å²) in [7, 11) is 4.18. The zero-order valence-electron chi connectivity index (χ0n) is 9.03. The van der Waals surface area contributed by atoms with Crippen molar-refractivity contribution < 1.29 is 0 Å². The van der Waals surface area contributed by atoms with Gasteiger partial charge in [0.2, 0.25) is 0 Å². The first-order valence-corrected chi connectivity index (χ1v) is 5.94. The van der Waals surface area contributed by atoms with E-state index >= 15 is 0 Å². The molecular formula is C10H17N3S. The highest BCUT2D eigenvalue weighted by molar-refractivity contribution is 7.98. The molecule has 0 unspecified atom stereocenters. The van der Waals surface area contributed by atoms with Crippen molar-refractivity contribution in [2.24, 2.45) is 0 Å². The molecule has 0 aliphatic rings. The number of thioether (sulfide) groups is 1. The molecule has 1 rings (SSSR count). The second-order valence-electron chi connectivity index (χ2n) is 3.48. The van der Waals surface area contributed by atoms with Gasteiger partial charge >= 0.3 is 0 Å². The molecule has 4 heteroatoms. The van der Waals surface area contributed by atoms with Crippen LogP contribution in [-0.4, -0.2) is 41.8 Å². The average molecular weight is 211 g/mol. The Labute approximate surface area is 89.9 Å². The third-order valence-electron chi connectivity index (χ3n) is 1.93. The molecule has 0 aliphatic carbocycles. The lowest BCUT2D eigenvalue weighted by Crippen LogP contribution is -2.13. The summed E-state index contributed by atoms with van der Waals surface area (Å²) in [5.41, 5.74) is 1.23. The van der Waals surface area contributed by atoms with Gasteiger partial charge in [0.1, 0.15) is 0 Å².